The van der Waals surface area contributed by atoms with E-state index in [1.165, 1.54) is 5.56 Å². The van der Waals surface area contributed by atoms with Crippen molar-refractivity contribution in [1.82, 2.24) is 20.8 Å². The van der Waals surface area contributed by atoms with Gasteiger partial charge in [-0.05, 0) is 26.0 Å². The van der Waals surface area contributed by atoms with Gasteiger partial charge in [0.2, 0.25) is 5.89 Å². The molecule has 8 heteroatoms. The number of halogens is 1. The molecule has 0 radical (unpaired) electrons. The molecule has 7 nitrogen and oxygen atoms in total. The van der Waals surface area contributed by atoms with Crippen LogP contribution in [0.25, 0.3) is 22.8 Å². The summed E-state index contributed by atoms with van der Waals surface area (Å²) in [5.41, 5.74) is 4.71. The Kier molecular flexibility index (Phi) is 8.43. The van der Waals surface area contributed by atoms with Gasteiger partial charge in [-0.2, -0.15) is 0 Å². The van der Waals surface area contributed by atoms with E-state index in [4.69, 9.17) is 8.94 Å². The molecule has 0 bridgehead atoms. The lowest BCUT2D eigenvalue weighted by molar-refractivity contribution is 0.422. The van der Waals surface area contributed by atoms with E-state index in [1.54, 1.807) is 6.26 Å². The lowest BCUT2D eigenvalue weighted by atomic mass is 10.1. The highest BCUT2D eigenvalue weighted by Gasteiger charge is 2.09. The van der Waals surface area contributed by atoms with E-state index in [-0.39, 0.29) is 24.0 Å². The molecule has 0 saturated carbocycles. The van der Waals surface area contributed by atoms with Crippen molar-refractivity contribution in [2.24, 2.45) is 4.99 Å². The summed E-state index contributed by atoms with van der Waals surface area (Å²) in [4.78, 5) is 9.14. The van der Waals surface area contributed by atoms with Gasteiger partial charge in [0.25, 0.3) is 0 Å². The third-order valence-electron chi connectivity index (χ3n) is 4.65. The summed E-state index contributed by atoms with van der Waals surface area (Å²) >= 11 is 0. The fraction of sp³-hybridized carbons (Fsp3) is 0.208. The maximum absolute atomic E-state index is 5.61. The van der Waals surface area contributed by atoms with E-state index in [0.717, 1.165) is 34.8 Å². The summed E-state index contributed by atoms with van der Waals surface area (Å²) in [6.45, 7) is 5.71. The highest BCUT2D eigenvalue weighted by molar-refractivity contribution is 14.0. The van der Waals surface area contributed by atoms with Gasteiger partial charge in [0.15, 0.2) is 11.7 Å². The highest BCUT2D eigenvalue weighted by atomic mass is 127. The predicted molar refractivity (Wildman–Crippen MR) is 136 cm³/mol. The van der Waals surface area contributed by atoms with E-state index in [2.05, 4.69) is 32.7 Å². The Morgan fingerprint density at radius 2 is 1.75 bits per heavy atom. The molecule has 0 unspecified atom stereocenters. The molecule has 32 heavy (non-hydrogen) atoms. The third kappa shape index (κ3) is 6.19. The standard InChI is InChI=1S/C24H25N5O2.HI/c1-3-25-24(26-14-20-13-22(31-29-20)18-7-5-4-6-8-18)27-15-21-16-30-23(28-21)19-11-9-17(2)10-12-19;/h4-13,16H,3,14-15H2,1-2H3,(H2,25,26,27);1H. The van der Waals surface area contributed by atoms with Crippen LogP contribution >= 0.6 is 24.0 Å². The van der Waals surface area contributed by atoms with Crippen LogP contribution in [0.4, 0.5) is 0 Å². The number of hydrogen-bond acceptors (Lipinski definition) is 5. The van der Waals surface area contributed by atoms with Crippen molar-refractivity contribution in [3.8, 4) is 22.8 Å². The molecule has 2 N–H and O–H groups in total. The van der Waals surface area contributed by atoms with Crippen molar-refractivity contribution >= 4 is 29.9 Å². The maximum atomic E-state index is 5.61. The van der Waals surface area contributed by atoms with E-state index in [0.29, 0.717) is 24.9 Å². The quantitative estimate of drug-likeness (QED) is 0.190. The molecule has 0 atom stereocenters. The number of aromatic nitrogens is 2. The van der Waals surface area contributed by atoms with Crippen LogP contribution < -0.4 is 10.6 Å². The molecule has 4 rings (SSSR count). The van der Waals surface area contributed by atoms with Gasteiger partial charge in [-0.1, -0.05) is 53.2 Å². The van der Waals surface area contributed by atoms with Crippen molar-refractivity contribution in [1.29, 1.82) is 0 Å². The summed E-state index contributed by atoms with van der Waals surface area (Å²) in [5, 5.41) is 10.6. The minimum absolute atomic E-state index is 0. The SMILES string of the molecule is CCNC(=NCc1coc(-c2ccc(C)cc2)n1)NCc1cc(-c2ccccc2)on1.I. The van der Waals surface area contributed by atoms with Crippen molar-refractivity contribution in [2.75, 3.05) is 6.54 Å². The number of aryl methyl sites for hydroxylation is 1. The van der Waals surface area contributed by atoms with Crippen molar-refractivity contribution in [3.05, 3.63) is 83.9 Å². The van der Waals surface area contributed by atoms with Gasteiger partial charge in [0.05, 0.1) is 13.1 Å². The van der Waals surface area contributed by atoms with E-state index < -0.39 is 0 Å². The monoisotopic (exact) mass is 543 g/mol. The normalized spacial score (nSPS) is 11.1. The van der Waals surface area contributed by atoms with E-state index in [9.17, 15) is 0 Å². The smallest absolute Gasteiger partial charge is 0.226 e. The lowest BCUT2D eigenvalue weighted by Crippen LogP contribution is -2.36. The van der Waals surface area contributed by atoms with Crippen LogP contribution in [-0.4, -0.2) is 22.6 Å². The highest BCUT2D eigenvalue weighted by Crippen LogP contribution is 2.20. The molecule has 2 heterocycles. The molecule has 166 valence electrons. The molecular weight excluding hydrogens is 517 g/mol. The second kappa shape index (κ2) is 11.5. The lowest BCUT2D eigenvalue weighted by Gasteiger charge is -2.09. The van der Waals surface area contributed by atoms with Gasteiger partial charge in [-0.15, -0.1) is 24.0 Å². The first-order valence-corrected chi connectivity index (χ1v) is 10.3. The van der Waals surface area contributed by atoms with Crippen LogP contribution in [0.2, 0.25) is 0 Å². The van der Waals surface area contributed by atoms with Crippen molar-refractivity contribution in [2.45, 2.75) is 26.9 Å². The van der Waals surface area contributed by atoms with Gasteiger partial charge in [-0.3, -0.25) is 0 Å². The minimum atomic E-state index is 0. The Labute approximate surface area is 204 Å². The molecule has 0 fully saturated rings. The molecule has 0 amide bonds. The largest absolute Gasteiger partial charge is 0.444 e. The Balaban J connectivity index is 0.00000289. The average Bonchev–Trinajstić information content (AvgIpc) is 3.47. The fourth-order valence-electron chi connectivity index (χ4n) is 3.02. The van der Waals surface area contributed by atoms with Crippen LogP contribution in [0, 0.1) is 6.92 Å². The van der Waals surface area contributed by atoms with Gasteiger partial charge >= 0.3 is 0 Å². The molecular formula is C24H26IN5O2. The number of nitrogens with one attached hydrogen (secondary N) is 2. The van der Waals surface area contributed by atoms with E-state index in [1.807, 2.05) is 67.6 Å². The van der Waals surface area contributed by atoms with Crippen LogP contribution in [0.15, 0.2) is 80.9 Å². The summed E-state index contributed by atoms with van der Waals surface area (Å²) in [7, 11) is 0. The molecule has 0 saturated heterocycles. The zero-order valence-electron chi connectivity index (χ0n) is 18.0. The molecule has 0 aliphatic carbocycles. The van der Waals surface area contributed by atoms with E-state index >= 15 is 0 Å². The Hall–Kier alpha value is -3.14. The van der Waals surface area contributed by atoms with Crippen LogP contribution in [0.5, 0.6) is 0 Å². The van der Waals surface area contributed by atoms with Gasteiger partial charge < -0.3 is 19.6 Å². The summed E-state index contributed by atoms with van der Waals surface area (Å²) in [6, 6.07) is 19.9. The van der Waals surface area contributed by atoms with Crippen LogP contribution in [-0.2, 0) is 13.1 Å². The molecule has 0 aliphatic rings. The molecule has 2 aromatic carbocycles. The van der Waals surface area contributed by atoms with Gasteiger partial charge in [-0.25, -0.2) is 9.98 Å². The predicted octanol–water partition coefficient (Wildman–Crippen LogP) is 5.18. The number of oxazole rings is 1. The third-order valence-corrected chi connectivity index (χ3v) is 4.65. The zero-order valence-corrected chi connectivity index (χ0v) is 20.4. The number of guanidine groups is 1. The molecule has 0 aliphatic heterocycles. The first kappa shape index (κ1) is 23.5. The van der Waals surface area contributed by atoms with Crippen molar-refractivity contribution < 1.29 is 8.94 Å². The Bertz CT molecular complexity index is 1140. The number of rotatable bonds is 7. The summed E-state index contributed by atoms with van der Waals surface area (Å²) in [5.74, 6) is 2.01. The second-order valence-electron chi connectivity index (χ2n) is 7.11. The average molecular weight is 543 g/mol. The summed E-state index contributed by atoms with van der Waals surface area (Å²) < 4.78 is 11.1. The maximum Gasteiger partial charge on any atom is 0.226 e. The Morgan fingerprint density at radius 1 is 0.969 bits per heavy atom. The van der Waals surface area contributed by atoms with Crippen LogP contribution in [0.1, 0.15) is 23.9 Å². The second-order valence-corrected chi connectivity index (χ2v) is 7.11. The summed E-state index contributed by atoms with van der Waals surface area (Å²) in [6.07, 6.45) is 1.64. The first-order chi connectivity index (χ1) is 15.2. The zero-order chi connectivity index (χ0) is 21.5. The fourth-order valence-corrected chi connectivity index (χ4v) is 3.02. The minimum Gasteiger partial charge on any atom is -0.444 e. The first-order valence-electron chi connectivity index (χ1n) is 10.3. The molecule has 4 aromatic rings. The Morgan fingerprint density at radius 3 is 2.50 bits per heavy atom. The van der Waals surface area contributed by atoms with Gasteiger partial charge in [0, 0.05) is 23.7 Å². The molecule has 2 aromatic heterocycles. The van der Waals surface area contributed by atoms with Crippen molar-refractivity contribution in [3.63, 3.8) is 0 Å². The number of nitrogens with zero attached hydrogens (tertiary/aromatic N) is 3. The number of aliphatic imine (C=N–C) groups is 1. The van der Waals surface area contributed by atoms with Crippen LogP contribution in [0.3, 0.4) is 0 Å². The molecule has 0 spiro atoms. The topological polar surface area (TPSA) is 88.5 Å². The number of hydrogen-bond donors (Lipinski definition) is 2. The van der Waals surface area contributed by atoms with Gasteiger partial charge in [0.1, 0.15) is 17.7 Å². The number of benzene rings is 2.